The number of aryl methyl sites for hydroxylation is 1. The Bertz CT molecular complexity index is 394. The molecule has 4 nitrogen and oxygen atoms in total. The van der Waals surface area contributed by atoms with Crippen LogP contribution in [0.25, 0.3) is 0 Å². The summed E-state index contributed by atoms with van der Waals surface area (Å²) in [5.74, 6) is 0.843. The van der Waals surface area contributed by atoms with Crippen LogP contribution in [0.4, 0.5) is 0 Å². The van der Waals surface area contributed by atoms with E-state index >= 15 is 0 Å². The number of hydrogen-bond donors (Lipinski definition) is 2. The zero-order valence-corrected chi connectivity index (χ0v) is 15.9. The number of aliphatic imine (C=N–C) groups is 1. The molecule has 0 radical (unpaired) electrons. The van der Waals surface area contributed by atoms with Gasteiger partial charge in [-0.25, -0.2) is 0 Å². The molecule has 0 aliphatic carbocycles. The van der Waals surface area contributed by atoms with Crippen LogP contribution in [0.5, 0.6) is 0 Å². The zero-order valence-electron chi connectivity index (χ0n) is 12.7. The fourth-order valence-corrected chi connectivity index (χ4v) is 2.40. The Morgan fingerprint density at radius 2 is 2.10 bits per heavy atom. The summed E-state index contributed by atoms with van der Waals surface area (Å²) >= 11 is 1.81. The second kappa shape index (κ2) is 11.3. The number of guanidine groups is 1. The molecule has 1 heterocycles. The van der Waals surface area contributed by atoms with Crippen LogP contribution in [-0.2, 0) is 11.3 Å². The predicted octanol–water partition coefficient (Wildman–Crippen LogP) is 3.15. The average Bonchev–Trinajstić information content (AvgIpc) is 2.78. The molecule has 0 aromatic carbocycles. The van der Waals surface area contributed by atoms with Crippen LogP contribution in [0.15, 0.2) is 17.1 Å². The van der Waals surface area contributed by atoms with E-state index in [-0.39, 0.29) is 24.0 Å². The summed E-state index contributed by atoms with van der Waals surface area (Å²) in [6, 6.07) is 4.29. The molecule has 0 saturated heterocycles. The first-order chi connectivity index (χ1) is 9.11. The van der Waals surface area contributed by atoms with Crippen LogP contribution in [0.3, 0.4) is 0 Å². The Morgan fingerprint density at radius 3 is 2.65 bits per heavy atom. The first-order valence-corrected chi connectivity index (χ1v) is 7.55. The first-order valence-electron chi connectivity index (χ1n) is 6.73. The van der Waals surface area contributed by atoms with Crippen molar-refractivity contribution < 1.29 is 4.74 Å². The third-order valence-corrected chi connectivity index (χ3v) is 3.52. The highest BCUT2D eigenvalue weighted by Crippen LogP contribution is 2.14. The number of nitrogens with zero attached hydrogens (tertiary/aromatic N) is 1. The van der Waals surface area contributed by atoms with Gasteiger partial charge in [0.1, 0.15) is 0 Å². The van der Waals surface area contributed by atoms with E-state index in [0.29, 0.717) is 6.10 Å². The topological polar surface area (TPSA) is 45.7 Å². The molecule has 0 amide bonds. The number of hydrogen-bond acceptors (Lipinski definition) is 3. The van der Waals surface area contributed by atoms with Crippen LogP contribution < -0.4 is 10.6 Å². The maximum Gasteiger partial charge on any atom is 0.191 e. The minimum absolute atomic E-state index is 0. The van der Waals surface area contributed by atoms with Crippen molar-refractivity contribution >= 4 is 41.3 Å². The number of ether oxygens (including phenoxy) is 1. The SMILES string of the molecule is CN=C(NCCCOC(C)C)NCc1ccc(C)s1.I. The maximum absolute atomic E-state index is 5.49. The molecule has 1 rings (SSSR count). The van der Waals surface area contributed by atoms with E-state index in [2.05, 4.69) is 48.5 Å². The molecule has 1 aromatic rings. The molecule has 0 fully saturated rings. The molecule has 2 N–H and O–H groups in total. The van der Waals surface area contributed by atoms with Crippen molar-refractivity contribution in [1.82, 2.24) is 10.6 Å². The highest BCUT2D eigenvalue weighted by Gasteiger charge is 2.00. The lowest BCUT2D eigenvalue weighted by molar-refractivity contribution is 0.0776. The Hall–Kier alpha value is -0.340. The molecule has 0 saturated carbocycles. The van der Waals surface area contributed by atoms with Crippen LogP contribution in [0.1, 0.15) is 30.0 Å². The summed E-state index contributed by atoms with van der Waals surface area (Å²) in [6.45, 7) is 8.70. The van der Waals surface area contributed by atoms with Gasteiger partial charge in [0.2, 0.25) is 0 Å². The molecule has 6 heteroatoms. The summed E-state index contributed by atoms with van der Waals surface area (Å²) in [7, 11) is 1.79. The lowest BCUT2D eigenvalue weighted by atomic mass is 10.4. The molecule has 0 bridgehead atoms. The van der Waals surface area contributed by atoms with E-state index in [0.717, 1.165) is 32.1 Å². The minimum Gasteiger partial charge on any atom is -0.379 e. The van der Waals surface area contributed by atoms with Crippen molar-refractivity contribution in [3.05, 3.63) is 21.9 Å². The summed E-state index contributed by atoms with van der Waals surface area (Å²) in [5.41, 5.74) is 0. The lowest BCUT2D eigenvalue weighted by Crippen LogP contribution is -2.37. The summed E-state index contributed by atoms with van der Waals surface area (Å²) < 4.78 is 5.49. The molecule has 20 heavy (non-hydrogen) atoms. The van der Waals surface area contributed by atoms with Gasteiger partial charge in [0.25, 0.3) is 0 Å². The van der Waals surface area contributed by atoms with Crippen molar-refractivity contribution in [3.63, 3.8) is 0 Å². The Kier molecular flexibility index (Phi) is 11.1. The first kappa shape index (κ1) is 19.7. The molecule has 0 aliphatic rings. The standard InChI is InChI=1S/C14H25N3OS.HI/c1-11(2)18-9-5-8-16-14(15-4)17-10-13-7-6-12(3)19-13;/h6-7,11H,5,8-10H2,1-4H3,(H2,15,16,17);1H. The lowest BCUT2D eigenvalue weighted by Gasteiger charge is -2.12. The van der Waals surface area contributed by atoms with Crippen molar-refractivity contribution in [2.75, 3.05) is 20.2 Å². The van der Waals surface area contributed by atoms with Crippen molar-refractivity contribution in [2.24, 2.45) is 4.99 Å². The van der Waals surface area contributed by atoms with Crippen LogP contribution in [0.2, 0.25) is 0 Å². The Balaban J connectivity index is 0.00000361. The summed E-state index contributed by atoms with van der Waals surface area (Å²) in [6.07, 6.45) is 1.29. The Labute approximate surface area is 143 Å². The van der Waals surface area contributed by atoms with E-state index in [9.17, 15) is 0 Å². The average molecular weight is 411 g/mol. The molecule has 1 aromatic heterocycles. The molecular formula is C14H26IN3OS. The van der Waals surface area contributed by atoms with Gasteiger partial charge in [-0.3, -0.25) is 4.99 Å². The fourth-order valence-electron chi connectivity index (χ4n) is 1.57. The van der Waals surface area contributed by atoms with E-state index in [1.807, 2.05) is 11.3 Å². The quantitative estimate of drug-likeness (QED) is 0.314. The highest BCUT2D eigenvalue weighted by atomic mass is 127. The van der Waals surface area contributed by atoms with E-state index in [1.54, 1.807) is 7.05 Å². The molecular weight excluding hydrogens is 385 g/mol. The zero-order chi connectivity index (χ0) is 14.1. The third kappa shape index (κ3) is 8.76. The van der Waals surface area contributed by atoms with Crippen molar-refractivity contribution in [3.8, 4) is 0 Å². The second-order valence-corrected chi connectivity index (χ2v) is 6.01. The van der Waals surface area contributed by atoms with Gasteiger partial charge >= 0.3 is 0 Å². The van der Waals surface area contributed by atoms with Gasteiger partial charge in [-0.15, -0.1) is 35.3 Å². The van der Waals surface area contributed by atoms with Gasteiger partial charge in [0.05, 0.1) is 12.6 Å². The van der Waals surface area contributed by atoms with E-state index in [1.165, 1.54) is 9.75 Å². The normalized spacial score (nSPS) is 11.3. The van der Waals surface area contributed by atoms with Gasteiger partial charge in [-0.05, 0) is 39.3 Å². The Morgan fingerprint density at radius 1 is 1.35 bits per heavy atom. The van der Waals surface area contributed by atoms with Crippen molar-refractivity contribution in [2.45, 2.75) is 39.8 Å². The molecule has 0 atom stereocenters. The molecule has 116 valence electrons. The summed E-state index contributed by atoms with van der Waals surface area (Å²) in [5, 5.41) is 6.59. The largest absolute Gasteiger partial charge is 0.379 e. The van der Waals surface area contributed by atoms with Gasteiger partial charge < -0.3 is 15.4 Å². The molecule has 0 aliphatic heterocycles. The molecule has 0 spiro atoms. The monoisotopic (exact) mass is 411 g/mol. The second-order valence-electron chi connectivity index (χ2n) is 4.64. The maximum atomic E-state index is 5.49. The molecule has 0 unspecified atom stereocenters. The fraction of sp³-hybridized carbons (Fsp3) is 0.643. The van der Waals surface area contributed by atoms with Crippen LogP contribution >= 0.6 is 35.3 Å². The number of halogens is 1. The smallest absolute Gasteiger partial charge is 0.191 e. The summed E-state index contributed by atoms with van der Waals surface area (Å²) in [4.78, 5) is 6.86. The number of thiophene rings is 1. The third-order valence-electron chi connectivity index (χ3n) is 2.51. The number of rotatable bonds is 7. The highest BCUT2D eigenvalue weighted by molar-refractivity contribution is 14.0. The van der Waals surface area contributed by atoms with Gasteiger partial charge in [-0.2, -0.15) is 0 Å². The van der Waals surface area contributed by atoms with Gasteiger partial charge in [0, 0.05) is 30.0 Å². The van der Waals surface area contributed by atoms with Gasteiger partial charge in [-0.1, -0.05) is 0 Å². The van der Waals surface area contributed by atoms with Crippen LogP contribution in [0, 0.1) is 6.92 Å². The van der Waals surface area contributed by atoms with E-state index in [4.69, 9.17) is 4.74 Å². The van der Waals surface area contributed by atoms with E-state index < -0.39 is 0 Å². The van der Waals surface area contributed by atoms with Crippen LogP contribution in [-0.4, -0.2) is 32.3 Å². The van der Waals surface area contributed by atoms with Crippen molar-refractivity contribution in [1.29, 1.82) is 0 Å². The minimum atomic E-state index is 0. The van der Waals surface area contributed by atoms with Gasteiger partial charge in [0.15, 0.2) is 5.96 Å². The predicted molar refractivity (Wildman–Crippen MR) is 98.4 cm³/mol. The number of nitrogens with one attached hydrogen (secondary N) is 2.